The SMILES string of the molecule is CC1(C)CC/C(=C\c2ccc(Cl)cc2)C1(O)Cn1cncn1.N#Cc1c[nH]cc1-c1cccc2c1OC(F)(F)O2. The summed E-state index contributed by atoms with van der Waals surface area (Å²) >= 11 is 5.94. The number of hydrogen-bond acceptors (Lipinski definition) is 6. The van der Waals surface area contributed by atoms with Gasteiger partial charge in [0, 0.05) is 28.5 Å². The minimum Gasteiger partial charge on any atom is -0.395 e. The first kappa shape index (κ1) is 27.4. The number of aromatic nitrogens is 4. The maximum absolute atomic E-state index is 13.0. The van der Waals surface area contributed by atoms with E-state index in [9.17, 15) is 13.9 Å². The van der Waals surface area contributed by atoms with Crippen LogP contribution in [0.3, 0.4) is 0 Å². The number of H-pyrrole nitrogens is 1. The number of nitriles is 1. The van der Waals surface area contributed by atoms with Crippen LogP contribution in [0.25, 0.3) is 17.2 Å². The number of halogens is 3. The van der Waals surface area contributed by atoms with E-state index in [2.05, 4.69) is 44.5 Å². The molecule has 2 aliphatic rings. The zero-order valence-electron chi connectivity index (χ0n) is 21.7. The number of hydrogen-bond donors (Lipinski definition) is 2. The summed E-state index contributed by atoms with van der Waals surface area (Å²) in [4.78, 5) is 6.72. The predicted octanol–water partition coefficient (Wildman–Crippen LogP) is 6.44. The van der Waals surface area contributed by atoms with E-state index in [0.717, 1.165) is 24.0 Å². The Morgan fingerprint density at radius 1 is 1.15 bits per heavy atom. The van der Waals surface area contributed by atoms with Gasteiger partial charge in [-0.3, -0.25) is 0 Å². The van der Waals surface area contributed by atoms with Crippen molar-refractivity contribution in [1.29, 1.82) is 5.26 Å². The number of benzene rings is 2. The van der Waals surface area contributed by atoms with Crippen molar-refractivity contribution in [3.8, 4) is 28.7 Å². The predicted molar refractivity (Wildman–Crippen MR) is 145 cm³/mol. The number of nitrogens with one attached hydrogen (secondary N) is 1. The fourth-order valence-corrected chi connectivity index (χ4v) is 5.10. The van der Waals surface area contributed by atoms with Crippen LogP contribution in [-0.2, 0) is 6.54 Å². The highest BCUT2D eigenvalue weighted by atomic mass is 35.5. The second-order valence-corrected chi connectivity index (χ2v) is 10.7. The first-order chi connectivity index (χ1) is 19.0. The summed E-state index contributed by atoms with van der Waals surface area (Å²) < 4.78 is 36.6. The summed E-state index contributed by atoms with van der Waals surface area (Å²) in [6, 6.07) is 14.2. The first-order valence-corrected chi connectivity index (χ1v) is 12.9. The van der Waals surface area contributed by atoms with Crippen molar-refractivity contribution in [2.45, 2.75) is 45.1 Å². The summed E-state index contributed by atoms with van der Waals surface area (Å²) in [5.74, 6) is -0.0961. The first-order valence-electron chi connectivity index (χ1n) is 12.5. The lowest BCUT2D eigenvalue weighted by Gasteiger charge is -2.37. The summed E-state index contributed by atoms with van der Waals surface area (Å²) in [6.45, 7) is 4.62. The van der Waals surface area contributed by atoms with Crippen molar-refractivity contribution in [3.05, 3.63) is 89.2 Å². The number of aliphatic hydroxyl groups is 1. The van der Waals surface area contributed by atoms with Gasteiger partial charge < -0.3 is 19.6 Å². The molecule has 1 saturated carbocycles. The van der Waals surface area contributed by atoms with Gasteiger partial charge in [-0.05, 0) is 47.6 Å². The molecule has 0 amide bonds. The van der Waals surface area contributed by atoms with E-state index in [4.69, 9.17) is 16.9 Å². The Bertz CT molecular complexity index is 1580. The van der Waals surface area contributed by atoms with Gasteiger partial charge in [-0.2, -0.15) is 10.4 Å². The molecule has 6 rings (SSSR count). The maximum Gasteiger partial charge on any atom is 0.586 e. The summed E-state index contributed by atoms with van der Waals surface area (Å²) in [7, 11) is 0. The molecule has 2 aromatic carbocycles. The van der Waals surface area contributed by atoms with Crippen molar-refractivity contribution >= 4 is 17.7 Å². The zero-order valence-corrected chi connectivity index (χ0v) is 22.5. The zero-order chi connectivity index (χ0) is 28.5. The number of para-hydroxylation sites is 1. The van der Waals surface area contributed by atoms with Crippen molar-refractivity contribution < 1.29 is 23.4 Å². The second kappa shape index (κ2) is 10.4. The fraction of sp³-hybridized carbons (Fsp3) is 0.276. The smallest absolute Gasteiger partial charge is 0.395 e. The van der Waals surface area contributed by atoms with Gasteiger partial charge in [0.25, 0.3) is 0 Å². The monoisotopic (exact) mass is 565 g/mol. The summed E-state index contributed by atoms with van der Waals surface area (Å²) in [6.07, 6.45) is 6.40. The van der Waals surface area contributed by atoms with E-state index in [-0.39, 0.29) is 16.9 Å². The average molecular weight is 566 g/mol. The van der Waals surface area contributed by atoms with Crippen LogP contribution in [0.15, 0.2) is 73.1 Å². The van der Waals surface area contributed by atoms with E-state index in [1.165, 1.54) is 18.6 Å². The number of rotatable bonds is 4. The third kappa shape index (κ3) is 5.30. The van der Waals surface area contributed by atoms with Gasteiger partial charge in [0.15, 0.2) is 11.5 Å². The Morgan fingerprint density at radius 3 is 2.62 bits per heavy atom. The second-order valence-electron chi connectivity index (χ2n) is 10.3. The Morgan fingerprint density at radius 2 is 1.93 bits per heavy atom. The van der Waals surface area contributed by atoms with E-state index in [1.54, 1.807) is 29.3 Å². The fourth-order valence-electron chi connectivity index (χ4n) is 4.97. The molecule has 0 spiro atoms. The molecule has 1 atom stereocenters. The molecule has 1 fully saturated rings. The highest BCUT2D eigenvalue weighted by molar-refractivity contribution is 6.30. The normalized spacial score (nSPS) is 21.1. The molecule has 2 aromatic heterocycles. The maximum atomic E-state index is 13.0. The van der Waals surface area contributed by atoms with Crippen molar-refractivity contribution in [3.63, 3.8) is 0 Å². The molecule has 1 aliphatic heterocycles. The number of aromatic amines is 1. The van der Waals surface area contributed by atoms with Crippen LogP contribution in [0, 0.1) is 16.7 Å². The lowest BCUT2D eigenvalue weighted by atomic mass is 9.76. The molecule has 1 unspecified atom stereocenters. The number of ether oxygens (including phenoxy) is 2. The highest BCUT2D eigenvalue weighted by Gasteiger charge is 2.51. The third-order valence-corrected chi connectivity index (χ3v) is 7.58. The molecule has 3 heterocycles. The molecule has 0 saturated heterocycles. The lowest BCUT2D eigenvalue weighted by molar-refractivity contribution is -0.286. The average Bonchev–Trinajstić information content (AvgIpc) is 3.69. The quantitative estimate of drug-likeness (QED) is 0.295. The molecule has 4 aromatic rings. The summed E-state index contributed by atoms with van der Waals surface area (Å²) in [5.41, 5.74) is 2.18. The number of alkyl halides is 2. The van der Waals surface area contributed by atoms with Gasteiger partial charge in [-0.1, -0.05) is 55.8 Å². The molecule has 8 nitrogen and oxygen atoms in total. The molecular weight excluding hydrogens is 540 g/mol. The van der Waals surface area contributed by atoms with Crippen molar-refractivity contribution in [1.82, 2.24) is 19.7 Å². The Hall–Kier alpha value is -4.20. The molecule has 11 heteroatoms. The lowest BCUT2D eigenvalue weighted by Crippen LogP contribution is -2.45. The Labute approximate surface area is 234 Å². The molecule has 0 radical (unpaired) electrons. The van der Waals surface area contributed by atoms with Crippen LogP contribution in [0.2, 0.25) is 5.02 Å². The standard InChI is InChI=1S/C17H20ClN3O.C12H6F2N2O2/c1-16(2)8-7-14(9-13-3-5-15(18)6-4-13)17(16,22)10-21-12-19-11-20-21;13-12(14)17-10-3-1-2-8(11(10)18-12)9-6-16-5-7(9)4-15/h3-6,9,11-12,22H,7-8,10H2,1-2H3;1-3,5-6,16H/b14-9+;. The van der Waals surface area contributed by atoms with Crippen molar-refractivity contribution in [2.24, 2.45) is 5.41 Å². The van der Waals surface area contributed by atoms with Gasteiger partial charge in [-0.25, -0.2) is 9.67 Å². The van der Waals surface area contributed by atoms with Crippen LogP contribution in [0.5, 0.6) is 11.5 Å². The third-order valence-electron chi connectivity index (χ3n) is 7.32. The Kier molecular flexibility index (Phi) is 7.12. The van der Waals surface area contributed by atoms with Crippen molar-refractivity contribution in [2.75, 3.05) is 0 Å². The van der Waals surface area contributed by atoms with E-state index >= 15 is 0 Å². The van der Waals surface area contributed by atoms with Crippen LogP contribution in [0.4, 0.5) is 8.78 Å². The largest absolute Gasteiger partial charge is 0.586 e. The van der Waals surface area contributed by atoms with Gasteiger partial charge in [0.1, 0.15) is 24.3 Å². The van der Waals surface area contributed by atoms with Crippen LogP contribution in [0.1, 0.15) is 37.8 Å². The minimum absolute atomic E-state index is 0.0393. The molecule has 0 bridgehead atoms. The topological polar surface area (TPSA) is 109 Å². The highest BCUT2D eigenvalue weighted by Crippen LogP contribution is 2.51. The van der Waals surface area contributed by atoms with E-state index in [0.29, 0.717) is 28.3 Å². The van der Waals surface area contributed by atoms with E-state index < -0.39 is 11.9 Å². The Balaban J connectivity index is 0.000000164. The molecule has 1 aliphatic carbocycles. The molecule has 206 valence electrons. The van der Waals surface area contributed by atoms with Gasteiger partial charge in [-0.15, -0.1) is 8.78 Å². The number of fused-ring (bicyclic) bond motifs is 1. The van der Waals surface area contributed by atoms with Crippen LogP contribution in [-0.4, -0.2) is 36.8 Å². The molecular formula is C29H26ClF2N5O3. The van der Waals surface area contributed by atoms with Gasteiger partial charge in [0.2, 0.25) is 0 Å². The molecule has 2 N–H and O–H groups in total. The van der Waals surface area contributed by atoms with Gasteiger partial charge >= 0.3 is 6.29 Å². The van der Waals surface area contributed by atoms with Crippen LogP contribution < -0.4 is 9.47 Å². The van der Waals surface area contributed by atoms with E-state index in [1.807, 2.05) is 30.3 Å². The minimum atomic E-state index is -3.67. The summed E-state index contributed by atoms with van der Waals surface area (Å²) in [5, 5.41) is 25.2. The van der Waals surface area contributed by atoms with Gasteiger partial charge in [0.05, 0.1) is 12.1 Å². The molecule has 40 heavy (non-hydrogen) atoms. The number of nitrogens with zero attached hydrogens (tertiary/aromatic N) is 4. The van der Waals surface area contributed by atoms with Crippen LogP contribution >= 0.6 is 11.6 Å².